The number of furan rings is 2. The molecule has 3 heteroatoms. The van der Waals surface area contributed by atoms with Gasteiger partial charge in [-0.25, -0.2) is 0 Å². The summed E-state index contributed by atoms with van der Waals surface area (Å²) in [5.74, 6) is 0. The largest absolute Gasteiger partial charge is 0.456 e. The van der Waals surface area contributed by atoms with Crippen molar-refractivity contribution in [3.05, 3.63) is 164 Å². The van der Waals surface area contributed by atoms with Gasteiger partial charge in [-0.15, -0.1) is 0 Å². The molecule has 9 aromatic rings. The first-order valence-electron chi connectivity index (χ1n) is 15.2. The highest BCUT2D eigenvalue weighted by Crippen LogP contribution is 2.45. The monoisotopic (exact) mass is 577 g/mol. The van der Waals surface area contributed by atoms with E-state index < -0.39 is 0 Å². The van der Waals surface area contributed by atoms with E-state index >= 15 is 0 Å². The SMILES string of the molecule is c1ccc(-c2ccc(N(c3ccccc3)c3cccc4c3oc3cc5c(cc34)oc3cccc(-c4ccccc4)c35)cc2)cc1. The number of hydrogen-bond donors (Lipinski definition) is 0. The molecule has 212 valence electrons. The molecule has 2 heterocycles. The first-order chi connectivity index (χ1) is 22.3. The summed E-state index contributed by atoms with van der Waals surface area (Å²) in [5.41, 5.74) is 11.2. The molecule has 3 nitrogen and oxygen atoms in total. The fourth-order valence-electron chi connectivity index (χ4n) is 6.57. The number of hydrogen-bond acceptors (Lipinski definition) is 3. The summed E-state index contributed by atoms with van der Waals surface area (Å²) in [4.78, 5) is 2.27. The van der Waals surface area contributed by atoms with Crippen molar-refractivity contribution in [3.8, 4) is 22.3 Å². The fourth-order valence-corrected chi connectivity index (χ4v) is 6.57. The van der Waals surface area contributed by atoms with Crippen LogP contribution in [0.4, 0.5) is 17.1 Å². The van der Waals surface area contributed by atoms with Crippen LogP contribution >= 0.6 is 0 Å². The van der Waals surface area contributed by atoms with Crippen LogP contribution in [0.25, 0.3) is 66.1 Å². The van der Waals surface area contributed by atoms with E-state index in [1.54, 1.807) is 0 Å². The quantitative estimate of drug-likeness (QED) is 0.204. The molecule has 0 radical (unpaired) electrons. The van der Waals surface area contributed by atoms with Crippen LogP contribution < -0.4 is 4.90 Å². The molecule has 0 aliphatic rings. The van der Waals surface area contributed by atoms with E-state index in [0.29, 0.717) is 0 Å². The van der Waals surface area contributed by atoms with Crippen molar-refractivity contribution in [2.45, 2.75) is 0 Å². The lowest BCUT2D eigenvalue weighted by Crippen LogP contribution is -2.10. The van der Waals surface area contributed by atoms with Crippen LogP contribution in [0.1, 0.15) is 0 Å². The first-order valence-corrected chi connectivity index (χ1v) is 15.2. The molecule has 0 atom stereocenters. The smallest absolute Gasteiger partial charge is 0.159 e. The number of rotatable bonds is 5. The highest BCUT2D eigenvalue weighted by Gasteiger charge is 2.21. The van der Waals surface area contributed by atoms with Crippen LogP contribution in [0.5, 0.6) is 0 Å². The van der Waals surface area contributed by atoms with Crippen LogP contribution in [0.2, 0.25) is 0 Å². The Bertz CT molecular complexity index is 2460. The maximum absolute atomic E-state index is 6.79. The van der Waals surface area contributed by atoms with Gasteiger partial charge >= 0.3 is 0 Å². The first kappa shape index (κ1) is 25.4. The van der Waals surface area contributed by atoms with E-state index in [-0.39, 0.29) is 0 Å². The minimum Gasteiger partial charge on any atom is -0.456 e. The van der Waals surface area contributed by atoms with Crippen molar-refractivity contribution in [1.29, 1.82) is 0 Å². The summed E-state index contributed by atoms with van der Waals surface area (Å²) in [6.45, 7) is 0. The van der Waals surface area contributed by atoms with Gasteiger partial charge in [-0.2, -0.15) is 0 Å². The fraction of sp³-hybridized carbons (Fsp3) is 0. The normalized spacial score (nSPS) is 11.6. The zero-order chi connectivity index (χ0) is 29.7. The maximum atomic E-state index is 6.79. The number of benzene rings is 7. The summed E-state index contributed by atoms with van der Waals surface area (Å²) in [7, 11) is 0. The van der Waals surface area contributed by atoms with Crippen molar-refractivity contribution in [3.63, 3.8) is 0 Å². The molecule has 0 spiro atoms. The Kier molecular flexibility index (Phi) is 5.82. The molecule has 0 aliphatic heterocycles. The minimum atomic E-state index is 0.836. The number of anilines is 3. The van der Waals surface area contributed by atoms with E-state index in [1.165, 1.54) is 11.1 Å². The molecule has 0 amide bonds. The van der Waals surface area contributed by atoms with Crippen molar-refractivity contribution >= 4 is 60.9 Å². The molecule has 2 aromatic heterocycles. The van der Waals surface area contributed by atoms with Crippen molar-refractivity contribution in [2.24, 2.45) is 0 Å². The summed E-state index contributed by atoms with van der Waals surface area (Å²) < 4.78 is 13.2. The Morgan fingerprint density at radius 2 is 0.978 bits per heavy atom. The highest BCUT2D eigenvalue weighted by atomic mass is 16.3. The zero-order valence-electron chi connectivity index (χ0n) is 24.4. The van der Waals surface area contributed by atoms with Gasteiger partial charge in [0.05, 0.1) is 5.69 Å². The van der Waals surface area contributed by atoms with Gasteiger partial charge in [0.15, 0.2) is 5.58 Å². The third kappa shape index (κ3) is 4.21. The second-order valence-electron chi connectivity index (χ2n) is 11.3. The highest BCUT2D eigenvalue weighted by molar-refractivity contribution is 6.19. The predicted octanol–water partition coefficient (Wildman–Crippen LogP) is 12.3. The van der Waals surface area contributed by atoms with Crippen LogP contribution in [-0.4, -0.2) is 0 Å². The molecule has 7 aromatic carbocycles. The molecule has 0 aliphatic carbocycles. The molecule has 0 fully saturated rings. The third-order valence-corrected chi connectivity index (χ3v) is 8.67. The van der Waals surface area contributed by atoms with Crippen molar-refractivity contribution in [2.75, 3.05) is 4.90 Å². The van der Waals surface area contributed by atoms with Gasteiger partial charge in [0.1, 0.15) is 16.7 Å². The van der Waals surface area contributed by atoms with Crippen LogP contribution in [0.3, 0.4) is 0 Å². The van der Waals surface area contributed by atoms with Gasteiger partial charge < -0.3 is 13.7 Å². The van der Waals surface area contributed by atoms with E-state index in [1.807, 2.05) is 24.3 Å². The van der Waals surface area contributed by atoms with Crippen LogP contribution in [0, 0.1) is 0 Å². The number of para-hydroxylation sites is 2. The van der Waals surface area contributed by atoms with E-state index in [4.69, 9.17) is 8.83 Å². The molecule has 9 rings (SSSR count). The third-order valence-electron chi connectivity index (χ3n) is 8.67. The Labute approximate surface area is 260 Å². The molecular weight excluding hydrogens is 550 g/mol. The molecule has 0 saturated carbocycles. The van der Waals surface area contributed by atoms with Gasteiger partial charge in [0.25, 0.3) is 0 Å². The van der Waals surface area contributed by atoms with Gasteiger partial charge in [-0.3, -0.25) is 0 Å². The van der Waals surface area contributed by atoms with E-state index in [9.17, 15) is 0 Å². The number of nitrogens with zero attached hydrogens (tertiary/aromatic N) is 1. The molecule has 45 heavy (non-hydrogen) atoms. The Hall–Kier alpha value is -6.06. The second kappa shape index (κ2) is 10.3. The second-order valence-corrected chi connectivity index (χ2v) is 11.3. The van der Waals surface area contributed by atoms with Crippen LogP contribution in [0.15, 0.2) is 173 Å². The summed E-state index contributed by atoms with van der Waals surface area (Å²) in [6, 6.07) is 57.1. The zero-order valence-corrected chi connectivity index (χ0v) is 24.4. The Morgan fingerprint density at radius 3 is 1.73 bits per heavy atom. The molecule has 0 bridgehead atoms. The Balaban J connectivity index is 1.24. The lowest BCUT2D eigenvalue weighted by Gasteiger charge is -2.25. The van der Waals surface area contributed by atoms with E-state index in [2.05, 4.69) is 144 Å². The topological polar surface area (TPSA) is 29.5 Å². The average molecular weight is 578 g/mol. The maximum Gasteiger partial charge on any atom is 0.159 e. The van der Waals surface area contributed by atoms with Gasteiger partial charge in [-0.1, -0.05) is 115 Å². The average Bonchev–Trinajstić information content (AvgIpc) is 3.67. The predicted molar refractivity (Wildman–Crippen MR) is 187 cm³/mol. The summed E-state index contributed by atoms with van der Waals surface area (Å²) in [5, 5.41) is 4.24. The molecular formula is C42H27NO2. The molecule has 0 unspecified atom stereocenters. The standard InChI is InChI=1S/C42H27NO2/c1-4-12-28(13-5-1)29-22-24-32(25-23-29)43(31-16-8-3-9-17-31)37-20-10-19-34-35-26-40-36(27-39(35)45-42(34)37)41-33(18-11-21-38(41)44-40)30-14-6-2-7-15-30/h1-27H. The lowest BCUT2D eigenvalue weighted by molar-refractivity contribution is 0.664. The minimum absolute atomic E-state index is 0.836. The van der Waals surface area contributed by atoms with Crippen molar-refractivity contribution < 1.29 is 8.83 Å². The van der Waals surface area contributed by atoms with Crippen LogP contribution in [-0.2, 0) is 0 Å². The lowest BCUT2D eigenvalue weighted by atomic mass is 9.99. The van der Waals surface area contributed by atoms with Crippen molar-refractivity contribution in [1.82, 2.24) is 0 Å². The van der Waals surface area contributed by atoms with E-state index in [0.717, 1.165) is 72.1 Å². The van der Waals surface area contributed by atoms with Gasteiger partial charge in [-0.05, 0) is 70.8 Å². The summed E-state index contributed by atoms with van der Waals surface area (Å²) >= 11 is 0. The number of fused-ring (bicyclic) bond motifs is 6. The Morgan fingerprint density at radius 1 is 0.378 bits per heavy atom. The van der Waals surface area contributed by atoms with Gasteiger partial charge in [0, 0.05) is 32.9 Å². The molecule has 0 saturated heterocycles. The summed E-state index contributed by atoms with van der Waals surface area (Å²) in [6.07, 6.45) is 0. The molecule has 0 N–H and O–H groups in total. The van der Waals surface area contributed by atoms with Gasteiger partial charge in [0.2, 0.25) is 0 Å².